The predicted molar refractivity (Wildman–Crippen MR) is 32.1 cm³/mol. The Morgan fingerprint density at radius 2 is 2.00 bits per heavy atom. The van der Waals surface area contributed by atoms with Crippen LogP contribution in [0.4, 0.5) is 4.79 Å². The molecule has 0 heterocycles. The lowest BCUT2D eigenvalue weighted by Crippen LogP contribution is -2.11. The number of carbonyl (C=O) groups is 1. The van der Waals surface area contributed by atoms with Crippen molar-refractivity contribution < 1.29 is 23.6 Å². The van der Waals surface area contributed by atoms with Gasteiger partial charge in [-0.15, -0.1) is 0 Å². The van der Waals surface area contributed by atoms with E-state index in [-0.39, 0.29) is 0 Å². The maximum absolute atomic E-state index is 9.60. The summed E-state index contributed by atoms with van der Waals surface area (Å²) in [6.45, 7) is 2.06. The molecule has 0 aliphatic heterocycles. The molecule has 6 nitrogen and oxygen atoms in total. The van der Waals surface area contributed by atoms with Crippen LogP contribution in [-0.2, 0) is 9.20 Å². The van der Waals surface area contributed by atoms with Crippen molar-refractivity contribution in [2.24, 2.45) is 5.73 Å². The van der Waals surface area contributed by atoms with Crippen LogP contribution in [0.25, 0.3) is 0 Å². The molecule has 0 fully saturated rings. The summed E-state index contributed by atoms with van der Waals surface area (Å²) in [4.78, 5) is 23.9. The quantitative estimate of drug-likeness (QED) is 0.411. The van der Waals surface area contributed by atoms with Crippen molar-refractivity contribution in [2.75, 3.05) is 6.61 Å². The Kier molecular flexibility index (Phi) is 9.19. The first-order valence-corrected chi connectivity index (χ1v) is 3.65. The Hall–Kier alpha value is -1.11. The fourth-order valence-electron chi connectivity index (χ4n) is 0.142. The van der Waals surface area contributed by atoms with Gasteiger partial charge in [-0.2, -0.15) is 0 Å². The van der Waals surface area contributed by atoms with Crippen LogP contribution in [0.15, 0.2) is 0 Å². The second-order valence-electron chi connectivity index (χ2n) is 1.03. The van der Waals surface area contributed by atoms with E-state index < -0.39 is 15.3 Å². The van der Waals surface area contributed by atoms with Crippen LogP contribution < -0.4 is 5.73 Å². The van der Waals surface area contributed by atoms with Gasteiger partial charge in [0.2, 0.25) is 0 Å². The number of rotatable bonds is 1. The van der Waals surface area contributed by atoms with Gasteiger partial charge < -0.3 is 20.1 Å². The molecule has 0 aromatic carbocycles. The van der Waals surface area contributed by atoms with Gasteiger partial charge >= 0.3 is 15.3 Å². The van der Waals surface area contributed by atoms with E-state index in [0.717, 1.165) is 0 Å². The lowest BCUT2D eigenvalue weighted by atomic mass is 10.9. The van der Waals surface area contributed by atoms with Crippen LogP contribution in [0.1, 0.15) is 6.92 Å². The number of ether oxygens (including phenoxy) is 1. The standard InChI is InChI=1S/C3H7NO2.H2O3Si/c1-2-6-3(4)5;1-4(2)3/h2H2,1H3,(H2,4,5);1-2H. The van der Waals surface area contributed by atoms with Gasteiger partial charge in [0.05, 0.1) is 6.61 Å². The van der Waals surface area contributed by atoms with Crippen molar-refractivity contribution >= 4 is 15.3 Å². The molecule has 0 saturated heterocycles. The van der Waals surface area contributed by atoms with Gasteiger partial charge in [-0.1, -0.05) is 0 Å². The highest BCUT2D eigenvalue weighted by Crippen LogP contribution is 1.66. The monoisotopic (exact) mass is 167 g/mol. The minimum atomic E-state index is -3.13. The molecule has 0 spiro atoms. The van der Waals surface area contributed by atoms with Gasteiger partial charge in [0.15, 0.2) is 0 Å². The summed E-state index contributed by atoms with van der Waals surface area (Å²) < 4.78 is 12.9. The summed E-state index contributed by atoms with van der Waals surface area (Å²) in [6.07, 6.45) is -0.711. The van der Waals surface area contributed by atoms with Gasteiger partial charge in [-0.05, 0) is 6.92 Å². The van der Waals surface area contributed by atoms with E-state index in [9.17, 15) is 4.79 Å². The number of nitrogens with two attached hydrogens (primary N) is 1. The van der Waals surface area contributed by atoms with Gasteiger partial charge in [-0.3, -0.25) is 4.46 Å². The first kappa shape index (κ1) is 11.7. The topological polar surface area (TPSA) is 110 Å². The van der Waals surface area contributed by atoms with E-state index in [1.165, 1.54) is 0 Å². The largest absolute Gasteiger partial charge is 0.761 e. The number of hydrogen-bond donors (Lipinski definition) is 3. The van der Waals surface area contributed by atoms with E-state index in [2.05, 4.69) is 10.5 Å². The molecule has 0 aromatic heterocycles. The number of hydrogen-bond acceptors (Lipinski definition) is 3. The Bertz CT molecular complexity index is 111. The fraction of sp³-hybridized carbons (Fsp3) is 0.667. The lowest BCUT2D eigenvalue weighted by Gasteiger charge is -1.89. The summed E-state index contributed by atoms with van der Waals surface area (Å²) in [7, 11) is -3.13. The molecule has 0 aromatic rings. The Labute approximate surface area is 59.1 Å². The first-order chi connectivity index (χ1) is 4.50. The molecule has 10 heavy (non-hydrogen) atoms. The van der Waals surface area contributed by atoms with Gasteiger partial charge in [-0.25, -0.2) is 4.79 Å². The summed E-state index contributed by atoms with van der Waals surface area (Å²) in [6, 6.07) is 0. The average Bonchev–Trinajstić information content (AvgIpc) is 1.62. The highest BCUT2D eigenvalue weighted by molar-refractivity contribution is 6.22. The third-order valence-corrected chi connectivity index (χ3v) is 0.287. The smallest absolute Gasteiger partial charge is 0.511 e. The van der Waals surface area contributed by atoms with Crippen molar-refractivity contribution in [3.63, 3.8) is 0 Å². The number of amides is 1. The summed E-state index contributed by atoms with van der Waals surface area (Å²) in [5, 5.41) is 0. The zero-order chi connectivity index (χ0) is 8.57. The SMILES string of the molecule is CCOC(N)=O.O=[Si](O)O. The molecule has 0 atom stereocenters. The van der Waals surface area contributed by atoms with Crippen LogP contribution in [0.3, 0.4) is 0 Å². The van der Waals surface area contributed by atoms with Crippen molar-refractivity contribution in [3.05, 3.63) is 0 Å². The Balaban J connectivity index is 0. The minimum Gasteiger partial charge on any atom is -0.511 e. The summed E-state index contributed by atoms with van der Waals surface area (Å²) in [5.41, 5.74) is 4.54. The van der Waals surface area contributed by atoms with E-state index in [1.54, 1.807) is 6.92 Å². The van der Waals surface area contributed by atoms with Crippen LogP contribution >= 0.6 is 0 Å². The molecule has 60 valence electrons. The van der Waals surface area contributed by atoms with Crippen LogP contribution in [-0.4, -0.2) is 31.5 Å². The van der Waals surface area contributed by atoms with Gasteiger partial charge in [0, 0.05) is 0 Å². The third kappa shape index (κ3) is 67.0. The zero-order valence-electron chi connectivity index (χ0n) is 5.40. The van der Waals surface area contributed by atoms with Crippen molar-refractivity contribution in [3.8, 4) is 0 Å². The van der Waals surface area contributed by atoms with Crippen LogP contribution in [0.2, 0.25) is 0 Å². The molecule has 0 saturated carbocycles. The Morgan fingerprint density at radius 3 is 2.00 bits per heavy atom. The zero-order valence-corrected chi connectivity index (χ0v) is 6.40. The van der Waals surface area contributed by atoms with Gasteiger partial charge in [0.1, 0.15) is 0 Å². The van der Waals surface area contributed by atoms with E-state index in [0.29, 0.717) is 6.61 Å². The molecule has 1 amide bonds. The highest BCUT2D eigenvalue weighted by atomic mass is 28.3. The fourth-order valence-corrected chi connectivity index (χ4v) is 0.142. The predicted octanol–water partition coefficient (Wildman–Crippen LogP) is -1.51. The average molecular weight is 167 g/mol. The maximum atomic E-state index is 9.60. The summed E-state index contributed by atoms with van der Waals surface area (Å²) >= 11 is 0. The molecule has 0 rings (SSSR count). The Morgan fingerprint density at radius 1 is 1.70 bits per heavy atom. The molecule has 0 radical (unpaired) electrons. The molecule has 0 bridgehead atoms. The summed E-state index contributed by atoms with van der Waals surface area (Å²) in [5.74, 6) is 0. The number of carbonyl (C=O) groups excluding carboxylic acids is 1. The molecule has 0 unspecified atom stereocenters. The van der Waals surface area contributed by atoms with Crippen molar-refractivity contribution in [1.29, 1.82) is 0 Å². The van der Waals surface area contributed by atoms with Gasteiger partial charge in [0.25, 0.3) is 0 Å². The number of primary amides is 1. The molecular weight excluding hydrogens is 158 g/mol. The molecule has 7 heteroatoms. The van der Waals surface area contributed by atoms with E-state index in [1.807, 2.05) is 0 Å². The highest BCUT2D eigenvalue weighted by Gasteiger charge is 1.85. The second kappa shape index (κ2) is 7.89. The third-order valence-electron chi connectivity index (χ3n) is 0.287. The normalized spacial score (nSPS) is 6.90. The maximum Gasteiger partial charge on any atom is 0.761 e. The van der Waals surface area contributed by atoms with Crippen molar-refractivity contribution in [2.45, 2.75) is 6.92 Å². The van der Waals surface area contributed by atoms with E-state index >= 15 is 0 Å². The second-order valence-corrected chi connectivity index (χ2v) is 1.60. The molecule has 4 N–H and O–H groups in total. The molecule has 0 aliphatic carbocycles. The van der Waals surface area contributed by atoms with Crippen molar-refractivity contribution in [1.82, 2.24) is 0 Å². The first-order valence-electron chi connectivity index (χ1n) is 2.34. The van der Waals surface area contributed by atoms with Crippen LogP contribution in [0.5, 0.6) is 0 Å². The molecule has 0 aliphatic rings. The molecular formula is C3H9NO5Si. The minimum absolute atomic E-state index is 0.356. The van der Waals surface area contributed by atoms with Crippen LogP contribution in [0, 0.1) is 0 Å². The van der Waals surface area contributed by atoms with E-state index in [4.69, 9.17) is 14.1 Å². The lowest BCUT2D eigenvalue weighted by molar-refractivity contribution is 0.163.